The summed E-state index contributed by atoms with van der Waals surface area (Å²) in [6, 6.07) is 0. The smallest absolute Gasteiger partial charge is 0.420 e. The van der Waals surface area contributed by atoms with E-state index in [1.165, 1.54) is 0 Å². The molecule has 0 amide bonds. The highest BCUT2D eigenvalue weighted by Gasteiger charge is 2.05. The summed E-state index contributed by atoms with van der Waals surface area (Å²) in [7, 11) is -2.54. The predicted molar refractivity (Wildman–Crippen MR) is 19.4 cm³/mol. The van der Waals surface area contributed by atoms with Gasteiger partial charge in [0.1, 0.15) is 0 Å². The Morgan fingerprint density at radius 1 is 1.57 bits per heavy atom. The Hall–Kier alpha value is -0.445. The Labute approximate surface area is 38.6 Å². The molecule has 0 radical (unpaired) electrons. The minimum absolute atomic E-state index is 0.194. The van der Waals surface area contributed by atoms with Crippen molar-refractivity contribution in [1.29, 1.82) is 0 Å². The van der Waals surface area contributed by atoms with Gasteiger partial charge in [0.2, 0.25) is 0 Å². The number of hydrogen-bond donors (Lipinski definition) is 1. The minimum atomic E-state index is -2.54. The average molecular weight is 110 g/mol. The highest BCUT2D eigenvalue weighted by Crippen LogP contribution is 1.96. The zero-order chi connectivity index (χ0) is 5.86. The van der Waals surface area contributed by atoms with E-state index >= 15 is 0 Å². The van der Waals surface area contributed by atoms with Gasteiger partial charge in [-0.15, -0.1) is 0 Å². The van der Waals surface area contributed by atoms with Crippen LogP contribution in [0.15, 0.2) is 12.1 Å². The van der Waals surface area contributed by atoms with Crippen molar-refractivity contribution in [3.8, 4) is 0 Å². The maximum absolute atomic E-state index is 11.0. The maximum Gasteiger partial charge on any atom is 0.530 e. The molecule has 0 fully saturated rings. The van der Waals surface area contributed by atoms with Crippen LogP contribution in [0.3, 0.4) is 0 Å². The molecule has 0 atom stereocenters. The summed E-state index contributed by atoms with van der Waals surface area (Å²) >= 11 is 0. The Morgan fingerprint density at radius 2 is 2.00 bits per heavy atom. The predicted octanol–water partition coefficient (Wildman–Crippen LogP) is 0.756. The van der Waals surface area contributed by atoms with Gasteiger partial charge in [0.15, 0.2) is 0 Å². The van der Waals surface area contributed by atoms with Crippen LogP contribution in [-0.2, 0) is 0 Å². The summed E-state index contributed by atoms with van der Waals surface area (Å²) in [5.41, 5.74) is 0. The lowest BCUT2D eigenvalue weighted by molar-refractivity contribution is 0.417. The molecular formula is C2H2BF3O. The van der Waals surface area contributed by atoms with Crippen molar-refractivity contribution in [3.63, 3.8) is 0 Å². The normalized spacial score (nSPS) is 8.00. The van der Waals surface area contributed by atoms with E-state index in [1.54, 1.807) is 0 Å². The Bertz CT molecular complexity index is 77.0. The Morgan fingerprint density at radius 3 is 2.00 bits per heavy atom. The molecule has 0 aliphatic rings. The van der Waals surface area contributed by atoms with Crippen LogP contribution in [-0.4, -0.2) is 12.2 Å². The van der Waals surface area contributed by atoms with Gasteiger partial charge in [-0.25, -0.2) is 0 Å². The van der Waals surface area contributed by atoms with Crippen molar-refractivity contribution in [1.82, 2.24) is 0 Å². The van der Waals surface area contributed by atoms with Crippen molar-refractivity contribution >= 4 is 7.19 Å². The molecule has 1 nitrogen and oxygen atoms in total. The molecule has 0 bridgehead atoms. The highest BCUT2D eigenvalue weighted by molar-refractivity contribution is 6.48. The topological polar surface area (TPSA) is 20.2 Å². The first-order valence-electron chi connectivity index (χ1n) is 1.48. The van der Waals surface area contributed by atoms with E-state index in [9.17, 15) is 13.1 Å². The highest BCUT2D eigenvalue weighted by atomic mass is 19.3. The van der Waals surface area contributed by atoms with Gasteiger partial charge in [0.05, 0.1) is 0 Å². The van der Waals surface area contributed by atoms with Crippen molar-refractivity contribution in [2.75, 3.05) is 0 Å². The lowest BCUT2D eigenvalue weighted by Gasteiger charge is -1.77. The van der Waals surface area contributed by atoms with Gasteiger partial charge in [-0.3, -0.25) is 4.32 Å². The molecule has 0 rings (SSSR count). The summed E-state index contributed by atoms with van der Waals surface area (Å²) in [6.45, 7) is 0. The lowest BCUT2D eigenvalue weighted by Crippen LogP contribution is -1.97. The summed E-state index contributed by atoms with van der Waals surface area (Å²) in [6.07, 6.45) is -2.21. The van der Waals surface area contributed by atoms with E-state index in [1.807, 2.05) is 0 Å². The van der Waals surface area contributed by atoms with E-state index in [0.29, 0.717) is 0 Å². The lowest BCUT2D eigenvalue weighted by atomic mass is 9.97. The monoisotopic (exact) mass is 110 g/mol. The zero-order valence-electron chi connectivity index (χ0n) is 3.24. The van der Waals surface area contributed by atoms with Gasteiger partial charge < -0.3 is 5.02 Å². The van der Waals surface area contributed by atoms with Crippen LogP contribution in [0, 0.1) is 0 Å². The fraction of sp³-hybridized carbons (Fsp3) is 0. The first kappa shape index (κ1) is 6.55. The third-order valence-electron chi connectivity index (χ3n) is 0.264. The largest absolute Gasteiger partial charge is 0.530 e. The SMILES string of the molecule is OB(F)C=C(F)F. The molecule has 40 valence electrons. The second-order valence-electron chi connectivity index (χ2n) is 0.829. The van der Waals surface area contributed by atoms with Crippen LogP contribution < -0.4 is 0 Å². The van der Waals surface area contributed by atoms with Gasteiger partial charge in [0, 0.05) is 5.98 Å². The van der Waals surface area contributed by atoms with Crippen LogP contribution in [0.25, 0.3) is 0 Å². The van der Waals surface area contributed by atoms with E-state index < -0.39 is 13.3 Å². The molecular weight excluding hydrogens is 108 g/mol. The van der Waals surface area contributed by atoms with Crippen molar-refractivity contribution < 1.29 is 18.1 Å². The molecule has 0 saturated carbocycles. The van der Waals surface area contributed by atoms with Gasteiger partial charge in [-0.2, -0.15) is 8.78 Å². The maximum atomic E-state index is 11.0. The van der Waals surface area contributed by atoms with Crippen molar-refractivity contribution in [2.24, 2.45) is 0 Å². The van der Waals surface area contributed by atoms with Crippen molar-refractivity contribution in [3.05, 3.63) is 12.1 Å². The second kappa shape index (κ2) is 2.68. The first-order chi connectivity index (χ1) is 3.13. The number of hydrogen-bond acceptors (Lipinski definition) is 1. The number of halogens is 3. The zero-order valence-corrected chi connectivity index (χ0v) is 3.24. The van der Waals surface area contributed by atoms with Crippen LogP contribution >= 0.6 is 0 Å². The fourth-order valence-electron chi connectivity index (χ4n) is 0.104. The first-order valence-corrected chi connectivity index (χ1v) is 1.48. The van der Waals surface area contributed by atoms with Crippen LogP contribution in [0.1, 0.15) is 0 Å². The van der Waals surface area contributed by atoms with Gasteiger partial charge >= 0.3 is 7.19 Å². The fourth-order valence-corrected chi connectivity index (χ4v) is 0.104. The van der Waals surface area contributed by atoms with E-state index in [-0.39, 0.29) is 5.98 Å². The quantitative estimate of drug-likeness (QED) is 0.493. The third kappa shape index (κ3) is 5.55. The van der Waals surface area contributed by atoms with Gasteiger partial charge in [0.25, 0.3) is 6.08 Å². The molecule has 0 spiro atoms. The molecule has 1 N–H and O–H groups in total. The number of rotatable bonds is 1. The molecule has 0 heterocycles. The average Bonchev–Trinajstić information content (AvgIpc) is 1.27. The molecule has 0 aromatic carbocycles. The summed E-state index contributed by atoms with van der Waals surface area (Å²) in [5, 5.41) is 7.50. The molecule has 0 saturated heterocycles. The van der Waals surface area contributed by atoms with Crippen LogP contribution in [0.5, 0.6) is 0 Å². The molecule has 0 aromatic heterocycles. The summed E-state index contributed by atoms with van der Waals surface area (Å²) < 4.78 is 32.4. The Kier molecular flexibility index (Phi) is 2.51. The summed E-state index contributed by atoms with van der Waals surface area (Å²) in [5.74, 6) is -0.194. The van der Waals surface area contributed by atoms with Crippen LogP contribution in [0.2, 0.25) is 0 Å². The molecule has 0 aromatic rings. The van der Waals surface area contributed by atoms with E-state index in [4.69, 9.17) is 5.02 Å². The van der Waals surface area contributed by atoms with Crippen LogP contribution in [0.4, 0.5) is 13.1 Å². The molecule has 7 heavy (non-hydrogen) atoms. The summed E-state index contributed by atoms with van der Waals surface area (Å²) in [4.78, 5) is 0. The molecule has 0 aliphatic carbocycles. The molecule has 0 aliphatic heterocycles. The van der Waals surface area contributed by atoms with E-state index in [2.05, 4.69) is 0 Å². The molecule has 5 heteroatoms. The Balaban J connectivity index is 3.45. The molecule has 0 unspecified atom stereocenters. The van der Waals surface area contributed by atoms with Crippen molar-refractivity contribution in [2.45, 2.75) is 0 Å². The van der Waals surface area contributed by atoms with E-state index in [0.717, 1.165) is 0 Å². The van der Waals surface area contributed by atoms with Gasteiger partial charge in [-0.05, 0) is 0 Å². The minimum Gasteiger partial charge on any atom is -0.420 e. The second-order valence-corrected chi connectivity index (χ2v) is 0.829. The standard InChI is InChI=1S/C2H2BF3O/c4-2(5)1-3(6)7/h1,7H. The third-order valence-corrected chi connectivity index (χ3v) is 0.264. The van der Waals surface area contributed by atoms with Gasteiger partial charge in [-0.1, -0.05) is 0 Å².